The van der Waals surface area contributed by atoms with Crippen LogP contribution < -0.4 is 5.46 Å². The molecule has 3 rings (SSSR count). The lowest BCUT2D eigenvalue weighted by Crippen LogP contribution is -2.41. The molecule has 0 radical (unpaired) electrons. The molecule has 1 fully saturated rings. The van der Waals surface area contributed by atoms with Gasteiger partial charge in [0.15, 0.2) is 0 Å². The SMILES string of the molecule is CC(C)(C)OC(=O)c1cnn(-c2ncc(B3OC(C)(C)C(C)(C)O3)cn2)c1. The molecule has 0 aliphatic carbocycles. The Morgan fingerprint density at radius 2 is 1.63 bits per heavy atom. The molecule has 0 saturated carbocycles. The highest BCUT2D eigenvalue weighted by atomic mass is 16.7. The molecule has 0 N–H and O–H groups in total. The number of hydrogen-bond acceptors (Lipinski definition) is 7. The van der Waals surface area contributed by atoms with Gasteiger partial charge in [-0.2, -0.15) is 5.10 Å². The topological polar surface area (TPSA) is 88.4 Å². The Kier molecular flexibility index (Phi) is 4.64. The number of hydrogen-bond donors (Lipinski definition) is 0. The second-order valence-electron chi connectivity index (χ2n) is 8.58. The summed E-state index contributed by atoms with van der Waals surface area (Å²) in [6, 6.07) is 0. The quantitative estimate of drug-likeness (QED) is 0.601. The van der Waals surface area contributed by atoms with Gasteiger partial charge in [0.1, 0.15) is 5.60 Å². The number of esters is 1. The van der Waals surface area contributed by atoms with Gasteiger partial charge in [0.05, 0.1) is 23.0 Å². The summed E-state index contributed by atoms with van der Waals surface area (Å²) in [5.74, 6) is -0.104. The molecule has 1 aliphatic heterocycles. The van der Waals surface area contributed by atoms with E-state index in [9.17, 15) is 4.79 Å². The molecule has 2 aromatic heterocycles. The molecule has 3 heterocycles. The number of ether oxygens (including phenoxy) is 1. The largest absolute Gasteiger partial charge is 0.498 e. The van der Waals surface area contributed by atoms with E-state index >= 15 is 0 Å². The lowest BCUT2D eigenvalue weighted by molar-refractivity contribution is 0.00578. The lowest BCUT2D eigenvalue weighted by atomic mass is 9.81. The summed E-state index contributed by atoms with van der Waals surface area (Å²) in [7, 11) is -0.529. The van der Waals surface area contributed by atoms with Crippen molar-refractivity contribution in [2.24, 2.45) is 0 Å². The van der Waals surface area contributed by atoms with E-state index in [-0.39, 0.29) is 0 Å². The van der Waals surface area contributed by atoms with Crippen molar-refractivity contribution in [1.29, 1.82) is 0 Å². The van der Waals surface area contributed by atoms with Gasteiger partial charge in [0.2, 0.25) is 5.95 Å². The predicted octanol–water partition coefficient (Wildman–Crippen LogP) is 1.92. The minimum Gasteiger partial charge on any atom is -0.456 e. The Morgan fingerprint density at radius 3 is 2.15 bits per heavy atom. The van der Waals surface area contributed by atoms with Crippen molar-refractivity contribution in [3.63, 3.8) is 0 Å². The maximum absolute atomic E-state index is 12.1. The minimum absolute atomic E-state index is 0.337. The van der Waals surface area contributed by atoms with E-state index in [0.717, 1.165) is 5.46 Å². The van der Waals surface area contributed by atoms with E-state index in [0.29, 0.717) is 11.5 Å². The van der Waals surface area contributed by atoms with Crippen LogP contribution in [0.2, 0.25) is 0 Å². The van der Waals surface area contributed by atoms with E-state index in [1.807, 2.05) is 48.5 Å². The fraction of sp³-hybridized carbons (Fsp3) is 0.556. The molecule has 0 aromatic carbocycles. The molecule has 9 heteroatoms. The smallest absolute Gasteiger partial charge is 0.456 e. The first-order valence-corrected chi connectivity index (χ1v) is 8.84. The Morgan fingerprint density at radius 1 is 1.07 bits per heavy atom. The first kappa shape index (κ1) is 19.5. The van der Waals surface area contributed by atoms with Crippen LogP contribution in [0, 0.1) is 0 Å². The zero-order valence-corrected chi connectivity index (χ0v) is 16.8. The third kappa shape index (κ3) is 4.04. The fourth-order valence-corrected chi connectivity index (χ4v) is 2.42. The molecule has 27 heavy (non-hydrogen) atoms. The highest BCUT2D eigenvalue weighted by Crippen LogP contribution is 2.36. The van der Waals surface area contributed by atoms with Crippen LogP contribution in [0.25, 0.3) is 5.95 Å². The first-order valence-electron chi connectivity index (χ1n) is 8.84. The number of rotatable bonds is 3. The third-order valence-corrected chi connectivity index (χ3v) is 4.61. The first-order chi connectivity index (χ1) is 12.4. The molecule has 0 unspecified atom stereocenters. The highest BCUT2D eigenvalue weighted by Gasteiger charge is 2.51. The molecule has 0 spiro atoms. The van der Waals surface area contributed by atoms with E-state index in [4.69, 9.17) is 14.0 Å². The summed E-state index contributed by atoms with van der Waals surface area (Å²) in [6.45, 7) is 13.4. The molecule has 0 bridgehead atoms. The summed E-state index contributed by atoms with van der Waals surface area (Å²) in [5, 5.41) is 4.14. The van der Waals surface area contributed by atoms with Crippen LogP contribution >= 0.6 is 0 Å². The van der Waals surface area contributed by atoms with Crippen LogP contribution in [0.15, 0.2) is 24.8 Å². The summed E-state index contributed by atoms with van der Waals surface area (Å²) in [4.78, 5) is 20.7. The zero-order chi connectivity index (χ0) is 20.0. The maximum atomic E-state index is 12.1. The predicted molar refractivity (Wildman–Crippen MR) is 100 cm³/mol. The van der Waals surface area contributed by atoms with Crippen LogP contribution in [0.1, 0.15) is 58.8 Å². The van der Waals surface area contributed by atoms with Crippen molar-refractivity contribution in [3.05, 3.63) is 30.4 Å². The molecule has 0 atom stereocenters. The van der Waals surface area contributed by atoms with Crippen molar-refractivity contribution in [2.75, 3.05) is 0 Å². The van der Waals surface area contributed by atoms with Crippen LogP contribution in [-0.2, 0) is 14.0 Å². The van der Waals surface area contributed by atoms with Crippen molar-refractivity contribution < 1.29 is 18.8 Å². The summed E-state index contributed by atoms with van der Waals surface area (Å²) in [5.41, 5.74) is -0.373. The number of carbonyl (C=O) groups is 1. The molecular weight excluding hydrogens is 347 g/mol. The van der Waals surface area contributed by atoms with Gasteiger partial charge in [0, 0.05) is 24.1 Å². The Hall–Kier alpha value is -2.26. The van der Waals surface area contributed by atoms with Crippen molar-refractivity contribution in [2.45, 2.75) is 65.3 Å². The normalized spacial score (nSPS) is 18.6. The highest BCUT2D eigenvalue weighted by molar-refractivity contribution is 6.61. The fourth-order valence-electron chi connectivity index (χ4n) is 2.42. The molecule has 144 valence electrons. The van der Waals surface area contributed by atoms with Crippen molar-refractivity contribution in [1.82, 2.24) is 19.7 Å². The summed E-state index contributed by atoms with van der Waals surface area (Å²) in [6.07, 6.45) is 6.25. The second kappa shape index (κ2) is 6.42. The maximum Gasteiger partial charge on any atom is 0.498 e. The van der Waals surface area contributed by atoms with Gasteiger partial charge in [-0.3, -0.25) is 0 Å². The van der Waals surface area contributed by atoms with Crippen LogP contribution in [-0.4, -0.2) is 49.6 Å². The van der Waals surface area contributed by atoms with Crippen molar-refractivity contribution >= 4 is 18.6 Å². The second-order valence-corrected chi connectivity index (χ2v) is 8.58. The van der Waals surface area contributed by atoms with Gasteiger partial charge < -0.3 is 14.0 Å². The van der Waals surface area contributed by atoms with Gasteiger partial charge in [-0.25, -0.2) is 19.4 Å². The average Bonchev–Trinajstić information content (AvgIpc) is 3.09. The third-order valence-electron chi connectivity index (χ3n) is 4.61. The van der Waals surface area contributed by atoms with E-state index in [1.54, 1.807) is 12.4 Å². The standard InChI is InChI=1S/C18H25BN4O4/c1-16(2,3)25-14(24)12-8-22-23(11-12)15-20-9-13(10-21-15)19-26-17(4,5)18(6,7)27-19/h8-11H,1-7H3. The summed E-state index contributed by atoms with van der Waals surface area (Å²) < 4.78 is 18.7. The molecule has 1 aliphatic rings. The summed E-state index contributed by atoms with van der Waals surface area (Å²) >= 11 is 0. The van der Waals surface area contributed by atoms with Gasteiger partial charge in [0.25, 0.3) is 0 Å². The Balaban J connectivity index is 1.74. The van der Waals surface area contributed by atoms with Gasteiger partial charge in [-0.05, 0) is 48.5 Å². The van der Waals surface area contributed by atoms with Crippen LogP contribution in [0.5, 0.6) is 0 Å². The molecule has 2 aromatic rings. The minimum atomic E-state index is -0.569. The lowest BCUT2D eigenvalue weighted by Gasteiger charge is -2.32. The van der Waals surface area contributed by atoms with Crippen molar-refractivity contribution in [3.8, 4) is 5.95 Å². The number of carbonyl (C=O) groups excluding carboxylic acids is 1. The number of aromatic nitrogens is 4. The number of nitrogens with zero attached hydrogens (tertiary/aromatic N) is 4. The molecule has 0 amide bonds. The van der Waals surface area contributed by atoms with Gasteiger partial charge >= 0.3 is 13.1 Å². The van der Waals surface area contributed by atoms with E-state index in [2.05, 4.69) is 15.1 Å². The Bertz CT molecular complexity index is 824. The molecular formula is C18H25BN4O4. The van der Waals surface area contributed by atoms with E-state index < -0.39 is 29.9 Å². The average molecular weight is 372 g/mol. The van der Waals surface area contributed by atoms with Crippen LogP contribution in [0.3, 0.4) is 0 Å². The Labute approximate surface area is 159 Å². The van der Waals surface area contributed by atoms with Crippen LogP contribution in [0.4, 0.5) is 0 Å². The van der Waals surface area contributed by atoms with Gasteiger partial charge in [-0.15, -0.1) is 0 Å². The van der Waals surface area contributed by atoms with Gasteiger partial charge in [-0.1, -0.05) is 0 Å². The monoisotopic (exact) mass is 372 g/mol. The van der Waals surface area contributed by atoms with E-state index in [1.165, 1.54) is 17.1 Å². The molecule has 1 saturated heterocycles. The molecule has 8 nitrogen and oxygen atoms in total. The zero-order valence-electron chi connectivity index (χ0n) is 16.8.